The van der Waals surface area contributed by atoms with Crippen LogP contribution in [0.1, 0.15) is 5.56 Å². The summed E-state index contributed by atoms with van der Waals surface area (Å²) in [6, 6.07) is 14.9. The highest BCUT2D eigenvalue weighted by Crippen LogP contribution is 2.25. The smallest absolute Gasteiger partial charge is 0.262 e. The van der Waals surface area contributed by atoms with Crippen molar-refractivity contribution in [1.29, 1.82) is 0 Å². The van der Waals surface area contributed by atoms with Gasteiger partial charge < -0.3 is 15.0 Å². The van der Waals surface area contributed by atoms with Crippen molar-refractivity contribution in [2.75, 3.05) is 18.2 Å². The summed E-state index contributed by atoms with van der Waals surface area (Å²) in [6.45, 7) is 1.96. The highest BCUT2D eigenvalue weighted by atomic mass is 32.2. The van der Waals surface area contributed by atoms with Crippen molar-refractivity contribution in [3.63, 3.8) is 0 Å². The fourth-order valence-corrected chi connectivity index (χ4v) is 3.66. The highest BCUT2D eigenvalue weighted by molar-refractivity contribution is 7.99. The molecular weight excluding hydrogens is 402 g/mol. The Morgan fingerprint density at radius 3 is 2.87 bits per heavy atom. The molecule has 8 nitrogen and oxygen atoms in total. The molecule has 4 rings (SSSR count). The van der Waals surface area contributed by atoms with Gasteiger partial charge >= 0.3 is 0 Å². The second kappa shape index (κ2) is 8.42. The van der Waals surface area contributed by atoms with E-state index in [0.29, 0.717) is 27.6 Å². The van der Waals surface area contributed by atoms with Crippen LogP contribution < -0.4 is 15.6 Å². The van der Waals surface area contributed by atoms with Crippen LogP contribution in [0.25, 0.3) is 16.7 Å². The van der Waals surface area contributed by atoms with Gasteiger partial charge in [-0.25, -0.2) is 9.67 Å². The van der Waals surface area contributed by atoms with Crippen molar-refractivity contribution in [2.24, 2.45) is 0 Å². The molecule has 30 heavy (non-hydrogen) atoms. The SMILES string of the molecule is COc1ccccc1-n1ncc2c(=O)[nH]c(SCC(=O)Nc3cccc(C)c3)nc21. The van der Waals surface area contributed by atoms with Gasteiger partial charge in [0, 0.05) is 5.69 Å². The number of anilines is 1. The molecule has 2 aromatic carbocycles. The van der Waals surface area contributed by atoms with Crippen LogP contribution in [0, 0.1) is 6.92 Å². The minimum absolute atomic E-state index is 0.102. The van der Waals surface area contributed by atoms with Gasteiger partial charge in [0.1, 0.15) is 16.8 Å². The predicted octanol–water partition coefficient (Wildman–Crippen LogP) is 3.16. The average molecular weight is 421 g/mol. The summed E-state index contributed by atoms with van der Waals surface area (Å²) in [5, 5.41) is 7.83. The lowest BCUT2D eigenvalue weighted by Crippen LogP contribution is -2.15. The zero-order valence-corrected chi connectivity index (χ0v) is 17.2. The first kappa shape index (κ1) is 19.7. The number of hydrogen-bond acceptors (Lipinski definition) is 6. The third-order valence-electron chi connectivity index (χ3n) is 4.37. The highest BCUT2D eigenvalue weighted by Gasteiger charge is 2.15. The van der Waals surface area contributed by atoms with E-state index in [1.807, 2.05) is 49.4 Å². The largest absolute Gasteiger partial charge is 0.494 e. The molecule has 152 valence electrons. The van der Waals surface area contributed by atoms with Crippen LogP contribution in [0.3, 0.4) is 0 Å². The number of carbonyl (C=O) groups is 1. The lowest BCUT2D eigenvalue weighted by molar-refractivity contribution is -0.113. The number of hydrogen-bond donors (Lipinski definition) is 2. The first-order chi connectivity index (χ1) is 14.5. The molecule has 0 aliphatic rings. The van der Waals surface area contributed by atoms with Crippen molar-refractivity contribution in [2.45, 2.75) is 12.1 Å². The summed E-state index contributed by atoms with van der Waals surface area (Å²) in [4.78, 5) is 32.0. The molecule has 9 heteroatoms. The van der Waals surface area contributed by atoms with Gasteiger partial charge in [0.05, 0.1) is 19.1 Å². The van der Waals surface area contributed by atoms with Gasteiger partial charge in [0.25, 0.3) is 5.56 Å². The lowest BCUT2D eigenvalue weighted by atomic mass is 10.2. The number of amides is 1. The van der Waals surface area contributed by atoms with E-state index < -0.39 is 0 Å². The van der Waals surface area contributed by atoms with Crippen LogP contribution in [-0.4, -0.2) is 38.5 Å². The normalized spacial score (nSPS) is 10.9. The lowest BCUT2D eigenvalue weighted by Gasteiger charge is -2.09. The fourth-order valence-electron chi connectivity index (χ4n) is 3.00. The van der Waals surface area contributed by atoms with Crippen molar-refractivity contribution in [3.8, 4) is 11.4 Å². The standard InChI is InChI=1S/C21H19N5O3S/c1-13-6-5-7-14(10-13)23-18(27)12-30-21-24-19-15(20(28)25-21)11-22-26(19)16-8-3-4-9-17(16)29-2/h3-11H,12H2,1-2H3,(H,23,27)(H,24,25,28). The number of ether oxygens (including phenoxy) is 1. The topological polar surface area (TPSA) is 102 Å². The Bertz CT molecular complexity index is 1280. The van der Waals surface area contributed by atoms with Crippen molar-refractivity contribution in [1.82, 2.24) is 19.7 Å². The molecule has 2 heterocycles. The summed E-state index contributed by atoms with van der Waals surface area (Å²) in [5.74, 6) is 0.522. The third kappa shape index (κ3) is 4.06. The minimum atomic E-state index is -0.317. The van der Waals surface area contributed by atoms with E-state index in [9.17, 15) is 9.59 Å². The van der Waals surface area contributed by atoms with E-state index >= 15 is 0 Å². The number of thioether (sulfide) groups is 1. The number of H-pyrrole nitrogens is 1. The number of methoxy groups -OCH3 is 1. The minimum Gasteiger partial charge on any atom is -0.494 e. The van der Waals surface area contributed by atoms with Crippen molar-refractivity contribution in [3.05, 3.63) is 70.6 Å². The molecule has 4 aromatic rings. The molecule has 0 aliphatic carbocycles. The van der Waals surface area contributed by atoms with Crippen LogP contribution in [-0.2, 0) is 4.79 Å². The first-order valence-electron chi connectivity index (χ1n) is 9.16. The summed E-state index contributed by atoms with van der Waals surface area (Å²) in [7, 11) is 1.57. The zero-order chi connectivity index (χ0) is 21.1. The van der Waals surface area contributed by atoms with Gasteiger partial charge in [-0.15, -0.1) is 0 Å². The van der Waals surface area contributed by atoms with Crippen LogP contribution in [0.15, 0.2) is 64.7 Å². The van der Waals surface area contributed by atoms with E-state index in [1.165, 1.54) is 6.20 Å². The number of nitrogens with one attached hydrogen (secondary N) is 2. The Hall–Kier alpha value is -3.59. The summed E-state index contributed by atoms with van der Waals surface area (Å²) < 4.78 is 6.95. The quantitative estimate of drug-likeness (QED) is 0.366. The third-order valence-corrected chi connectivity index (χ3v) is 5.24. The number of para-hydroxylation sites is 2. The molecule has 0 saturated heterocycles. The van der Waals surface area contributed by atoms with E-state index in [2.05, 4.69) is 20.4 Å². The zero-order valence-electron chi connectivity index (χ0n) is 16.4. The molecule has 0 bridgehead atoms. The van der Waals surface area contributed by atoms with Crippen molar-refractivity contribution < 1.29 is 9.53 Å². The van der Waals surface area contributed by atoms with Gasteiger partial charge in [-0.05, 0) is 36.8 Å². The average Bonchev–Trinajstić information content (AvgIpc) is 3.16. The van der Waals surface area contributed by atoms with Gasteiger partial charge in [0.2, 0.25) is 5.91 Å². The maximum absolute atomic E-state index is 12.5. The van der Waals surface area contributed by atoms with Crippen LogP contribution in [0.2, 0.25) is 0 Å². The molecule has 0 aliphatic heterocycles. The molecule has 0 radical (unpaired) electrons. The van der Waals surface area contributed by atoms with E-state index in [1.54, 1.807) is 17.9 Å². The number of aromatic nitrogens is 4. The van der Waals surface area contributed by atoms with Gasteiger partial charge in [-0.3, -0.25) is 9.59 Å². The second-order valence-corrected chi connectivity index (χ2v) is 7.51. The molecule has 0 saturated carbocycles. The summed E-state index contributed by atoms with van der Waals surface area (Å²) in [5.41, 5.74) is 2.53. The number of aryl methyl sites for hydroxylation is 1. The summed E-state index contributed by atoms with van der Waals surface area (Å²) >= 11 is 1.15. The van der Waals surface area contributed by atoms with Gasteiger partial charge in [-0.1, -0.05) is 36.0 Å². The Kier molecular flexibility index (Phi) is 5.53. The number of benzene rings is 2. The molecule has 1 amide bonds. The Balaban J connectivity index is 1.58. The van der Waals surface area contributed by atoms with Crippen molar-refractivity contribution >= 4 is 34.4 Å². The molecule has 0 unspecified atom stereocenters. The van der Waals surface area contributed by atoms with Crippen LogP contribution >= 0.6 is 11.8 Å². The van der Waals surface area contributed by atoms with Gasteiger partial charge in [0.15, 0.2) is 10.8 Å². The van der Waals surface area contributed by atoms with Crippen LogP contribution in [0.5, 0.6) is 5.75 Å². The van der Waals surface area contributed by atoms with E-state index in [0.717, 1.165) is 23.0 Å². The number of carbonyl (C=O) groups excluding carboxylic acids is 1. The monoisotopic (exact) mass is 421 g/mol. The predicted molar refractivity (Wildman–Crippen MR) is 117 cm³/mol. The summed E-state index contributed by atoms with van der Waals surface area (Å²) in [6.07, 6.45) is 1.46. The number of nitrogens with zero attached hydrogens (tertiary/aromatic N) is 3. The number of fused-ring (bicyclic) bond motifs is 1. The Morgan fingerprint density at radius 1 is 1.23 bits per heavy atom. The molecule has 0 atom stereocenters. The van der Waals surface area contributed by atoms with E-state index in [4.69, 9.17) is 4.74 Å². The first-order valence-corrected chi connectivity index (χ1v) is 10.1. The maximum Gasteiger partial charge on any atom is 0.262 e. The molecule has 0 spiro atoms. The van der Waals surface area contributed by atoms with Crippen LogP contribution in [0.4, 0.5) is 5.69 Å². The molecule has 0 fully saturated rings. The Labute approximate surface area is 176 Å². The molecule has 2 aromatic heterocycles. The molecular formula is C21H19N5O3S. The second-order valence-electron chi connectivity index (χ2n) is 6.54. The van der Waals surface area contributed by atoms with Gasteiger partial charge in [-0.2, -0.15) is 5.10 Å². The fraction of sp³-hybridized carbons (Fsp3) is 0.143. The molecule has 2 N–H and O–H groups in total. The number of aromatic amines is 1. The number of rotatable bonds is 6. The van der Waals surface area contributed by atoms with E-state index in [-0.39, 0.29) is 17.2 Å². The Morgan fingerprint density at radius 2 is 2.07 bits per heavy atom. The maximum atomic E-state index is 12.5.